The van der Waals surface area contributed by atoms with Crippen LogP contribution in [0.15, 0.2) is 0 Å². The van der Waals surface area contributed by atoms with Gasteiger partial charge in [0.2, 0.25) is 5.91 Å². The largest absolute Gasteiger partial charge is 0.481 e. The lowest BCUT2D eigenvalue weighted by molar-refractivity contribution is -0.147. The Kier molecular flexibility index (Phi) is 13.1. The molecular formula is C12H24N6O7. The van der Waals surface area contributed by atoms with E-state index in [9.17, 15) is 19.2 Å². The lowest BCUT2D eigenvalue weighted by Gasteiger charge is -2.10. The number of rotatable bonds is 10. The van der Waals surface area contributed by atoms with Crippen molar-refractivity contribution in [3.05, 3.63) is 0 Å². The van der Waals surface area contributed by atoms with E-state index in [-0.39, 0.29) is 12.5 Å². The van der Waals surface area contributed by atoms with Crippen LogP contribution in [0.1, 0.15) is 19.3 Å². The molecular weight excluding hydrogens is 340 g/mol. The van der Waals surface area contributed by atoms with Crippen LogP contribution in [0.2, 0.25) is 0 Å². The first kappa shape index (κ1) is 24.3. The average Bonchev–Trinajstić information content (AvgIpc) is 2.50. The fourth-order valence-corrected chi connectivity index (χ4v) is 1.30. The standard InChI is InChI=1S/C6H14N4O2.C6H10N2O5/c7-4(5(11)12)2-1-3-10-6(8)9;7-2-4(9)8-3(6(12)13)1-5(10)11/h4H,1-3,7H2,(H,11,12)(H4,8,9,10);3H,1-2,7H2,(H,8,9)(H,10,11)(H,12,13). The Morgan fingerprint density at radius 3 is 2.00 bits per heavy atom. The van der Waals surface area contributed by atoms with Crippen molar-refractivity contribution in [2.75, 3.05) is 13.1 Å². The van der Waals surface area contributed by atoms with Gasteiger partial charge in [-0.15, -0.1) is 0 Å². The van der Waals surface area contributed by atoms with E-state index in [0.717, 1.165) is 0 Å². The summed E-state index contributed by atoms with van der Waals surface area (Å²) in [5, 5.41) is 36.4. The summed E-state index contributed by atoms with van der Waals surface area (Å²) in [4.78, 5) is 41.3. The van der Waals surface area contributed by atoms with Crippen molar-refractivity contribution in [3.8, 4) is 0 Å². The zero-order chi connectivity index (χ0) is 20.0. The Morgan fingerprint density at radius 2 is 1.64 bits per heavy atom. The monoisotopic (exact) mass is 364 g/mol. The van der Waals surface area contributed by atoms with Crippen LogP contribution in [0.5, 0.6) is 0 Å². The Labute approximate surface area is 143 Å². The van der Waals surface area contributed by atoms with Crippen LogP contribution in [0.25, 0.3) is 0 Å². The van der Waals surface area contributed by atoms with Crippen LogP contribution < -0.4 is 27.8 Å². The molecule has 13 nitrogen and oxygen atoms in total. The highest BCUT2D eigenvalue weighted by molar-refractivity contribution is 5.87. The lowest BCUT2D eigenvalue weighted by Crippen LogP contribution is -2.44. The van der Waals surface area contributed by atoms with Crippen LogP contribution in [-0.2, 0) is 19.2 Å². The number of nitrogens with one attached hydrogen (secondary N) is 3. The topological polar surface area (TPSA) is 255 Å². The minimum Gasteiger partial charge on any atom is -0.481 e. The molecule has 0 fully saturated rings. The van der Waals surface area contributed by atoms with Gasteiger partial charge >= 0.3 is 17.9 Å². The van der Waals surface area contributed by atoms with E-state index in [4.69, 9.17) is 37.9 Å². The third-order valence-corrected chi connectivity index (χ3v) is 2.52. The van der Waals surface area contributed by atoms with E-state index in [0.29, 0.717) is 19.4 Å². The van der Waals surface area contributed by atoms with E-state index >= 15 is 0 Å². The zero-order valence-electron chi connectivity index (χ0n) is 13.4. The molecule has 0 aromatic rings. The van der Waals surface area contributed by atoms with E-state index in [1.165, 1.54) is 0 Å². The molecule has 25 heavy (non-hydrogen) atoms. The molecule has 0 rings (SSSR count). The molecule has 2 atom stereocenters. The van der Waals surface area contributed by atoms with Crippen LogP contribution >= 0.6 is 0 Å². The molecule has 13 heteroatoms. The maximum Gasteiger partial charge on any atom is 0.326 e. The number of carbonyl (C=O) groups is 4. The van der Waals surface area contributed by atoms with Crippen molar-refractivity contribution < 1.29 is 34.5 Å². The SMILES string of the molecule is N=C(N)NCCCC(N)C(=O)O.NCC(=O)NC(CC(=O)O)C(=O)O. The van der Waals surface area contributed by atoms with E-state index in [1.54, 1.807) is 0 Å². The Bertz CT molecular complexity index is 485. The summed E-state index contributed by atoms with van der Waals surface area (Å²) in [7, 11) is 0. The number of nitrogens with two attached hydrogens (primary N) is 3. The third-order valence-electron chi connectivity index (χ3n) is 2.52. The van der Waals surface area contributed by atoms with E-state index in [1.807, 2.05) is 5.32 Å². The van der Waals surface area contributed by atoms with Gasteiger partial charge < -0.3 is 43.2 Å². The second-order valence-corrected chi connectivity index (χ2v) is 4.69. The molecule has 0 aromatic heterocycles. The predicted octanol–water partition coefficient (Wildman–Crippen LogP) is -3.35. The number of carboxylic acids is 3. The van der Waals surface area contributed by atoms with Crippen LogP contribution in [0.4, 0.5) is 0 Å². The molecule has 0 aromatic carbocycles. The first-order valence-corrected chi connectivity index (χ1v) is 7.01. The smallest absolute Gasteiger partial charge is 0.326 e. The molecule has 0 bridgehead atoms. The summed E-state index contributed by atoms with van der Waals surface area (Å²) in [6.07, 6.45) is 0.309. The van der Waals surface area contributed by atoms with E-state index < -0.39 is 42.3 Å². The summed E-state index contributed by atoms with van der Waals surface area (Å²) in [5.41, 5.74) is 15.1. The average molecular weight is 364 g/mol. The minimum absolute atomic E-state index is 0.112. The molecule has 0 heterocycles. The molecule has 144 valence electrons. The quantitative estimate of drug-likeness (QED) is 0.105. The molecule has 1 amide bonds. The van der Waals surface area contributed by atoms with Gasteiger partial charge in [0, 0.05) is 6.54 Å². The van der Waals surface area contributed by atoms with Crippen molar-refractivity contribution in [1.29, 1.82) is 5.41 Å². The summed E-state index contributed by atoms with van der Waals surface area (Å²) >= 11 is 0. The van der Waals surface area contributed by atoms with Crippen molar-refractivity contribution >= 4 is 29.8 Å². The molecule has 0 radical (unpaired) electrons. The maximum absolute atomic E-state index is 10.6. The molecule has 12 N–H and O–H groups in total. The Hall–Kier alpha value is -2.93. The van der Waals surface area contributed by atoms with Gasteiger partial charge in [-0.25, -0.2) is 4.79 Å². The number of guanidine groups is 1. The van der Waals surface area contributed by atoms with Crippen LogP contribution in [0.3, 0.4) is 0 Å². The molecule has 0 aliphatic carbocycles. The highest BCUT2D eigenvalue weighted by atomic mass is 16.4. The molecule has 0 aliphatic rings. The first-order chi connectivity index (χ1) is 11.5. The van der Waals surface area contributed by atoms with Gasteiger partial charge in [0.05, 0.1) is 13.0 Å². The zero-order valence-corrected chi connectivity index (χ0v) is 13.4. The van der Waals surface area contributed by atoms with Crippen LogP contribution in [0, 0.1) is 5.41 Å². The van der Waals surface area contributed by atoms with Gasteiger partial charge in [-0.3, -0.25) is 19.8 Å². The second-order valence-electron chi connectivity index (χ2n) is 4.69. The predicted molar refractivity (Wildman–Crippen MR) is 85.6 cm³/mol. The number of aliphatic carboxylic acids is 3. The number of hydrogen-bond acceptors (Lipinski definition) is 7. The van der Waals surface area contributed by atoms with Crippen molar-refractivity contribution in [1.82, 2.24) is 10.6 Å². The molecule has 0 aliphatic heterocycles. The van der Waals surface area contributed by atoms with Crippen molar-refractivity contribution in [3.63, 3.8) is 0 Å². The first-order valence-electron chi connectivity index (χ1n) is 7.01. The summed E-state index contributed by atoms with van der Waals surface area (Å²) in [6, 6.07) is -2.24. The third kappa shape index (κ3) is 15.7. The highest BCUT2D eigenvalue weighted by Gasteiger charge is 2.22. The maximum atomic E-state index is 10.6. The van der Waals surface area contributed by atoms with Crippen molar-refractivity contribution in [2.45, 2.75) is 31.3 Å². The van der Waals surface area contributed by atoms with Crippen molar-refractivity contribution in [2.24, 2.45) is 17.2 Å². The van der Waals surface area contributed by atoms with Gasteiger partial charge in [-0.05, 0) is 12.8 Å². The van der Waals surface area contributed by atoms with Gasteiger partial charge in [0.1, 0.15) is 12.1 Å². The van der Waals surface area contributed by atoms with Gasteiger partial charge in [0.15, 0.2) is 5.96 Å². The van der Waals surface area contributed by atoms with Gasteiger partial charge in [0.25, 0.3) is 0 Å². The normalized spacial score (nSPS) is 11.9. The van der Waals surface area contributed by atoms with E-state index in [2.05, 4.69) is 5.32 Å². The highest BCUT2D eigenvalue weighted by Crippen LogP contribution is 1.93. The summed E-state index contributed by atoms with van der Waals surface area (Å²) in [5.74, 6) is -4.51. The lowest BCUT2D eigenvalue weighted by atomic mass is 10.2. The Morgan fingerprint density at radius 1 is 1.08 bits per heavy atom. The van der Waals surface area contributed by atoms with Gasteiger partial charge in [-0.1, -0.05) is 0 Å². The number of carbonyl (C=O) groups excluding carboxylic acids is 1. The number of hydrogen-bond donors (Lipinski definition) is 9. The molecule has 2 unspecified atom stereocenters. The number of carboxylic acid groups (broad SMARTS) is 3. The molecule has 0 saturated heterocycles. The summed E-state index contributed by atoms with van der Waals surface area (Å²) in [6.45, 7) is 0.111. The fraction of sp³-hybridized carbons (Fsp3) is 0.583. The fourth-order valence-electron chi connectivity index (χ4n) is 1.30. The molecule has 0 spiro atoms. The van der Waals surface area contributed by atoms with Crippen LogP contribution in [-0.4, -0.2) is 70.3 Å². The molecule has 0 saturated carbocycles. The minimum atomic E-state index is -1.42. The number of amides is 1. The Balaban J connectivity index is 0. The van der Waals surface area contributed by atoms with Gasteiger partial charge in [-0.2, -0.15) is 0 Å². The second kappa shape index (κ2) is 13.5. The summed E-state index contributed by atoms with van der Waals surface area (Å²) < 4.78 is 0.